The number of fused-ring (bicyclic) bond motifs is 1. The molecule has 0 aliphatic heterocycles. The van der Waals surface area contributed by atoms with Crippen LogP contribution in [-0.4, -0.2) is 31.8 Å². The van der Waals surface area contributed by atoms with E-state index in [0.717, 1.165) is 30.6 Å². The summed E-state index contributed by atoms with van der Waals surface area (Å²) in [6, 6.07) is 15.0. The second-order valence-corrected chi connectivity index (χ2v) is 11.3. The van der Waals surface area contributed by atoms with Crippen LogP contribution >= 0.6 is 23.2 Å². The van der Waals surface area contributed by atoms with Crippen LogP contribution in [0.2, 0.25) is 10.0 Å². The summed E-state index contributed by atoms with van der Waals surface area (Å²) < 4.78 is 30.7. The molecule has 3 aromatic rings. The van der Waals surface area contributed by atoms with Crippen molar-refractivity contribution in [1.82, 2.24) is 4.98 Å². The Labute approximate surface area is 204 Å². The minimum absolute atomic E-state index is 0.00839. The molecule has 0 fully saturated rings. The first-order chi connectivity index (χ1) is 15.8. The van der Waals surface area contributed by atoms with Gasteiger partial charge in [0.2, 0.25) is 0 Å². The van der Waals surface area contributed by atoms with Crippen LogP contribution in [0.25, 0.3) is 0 Å². The molecule has 0 bridgehead atoms. The van der Waals surface area contributed by atoms with E-state index in [9.17, 15) is 8.42 Å². The van der Waals surface area contributed by atoms with Gasteiger partial charge in [-0.15, -0.1) is 0 Å². The van der Waals surface area contributed by atoms with Crippen molar-refractivity contribution in [2.24, 2.45) is 5.73 Å². The van der Waals surface area contributed by atoms with Crippen molar-refractivity contribution in [2.75, 3.05) is 12.4 Å². The lowest BCUT2D eigenvalue weighted by atomic mass is 9.76. The monoisotopic (exact) mass is 504 g/mol. The molecule has 1 aliphatic carbocycles. The molecule has 1 aliphatic rings. The van der Waals surface area contributed by atoms with Crippen LogP contribution in [0.5, 0.6) is 5.75 Å². The minimum atomic E-state index is -3.37. The van der Waals surface area contributed by atoms with Crippen LogP contribution in [0.4, 0.5) is 0 Å². The van der Waals surface area contributed by atoms with E-state index in [1.807, 2.05) is 30.3 Å². The number of nitrogens with two attached hydrogens (primary N) is 1. The molecule has 2 N–H and O–H groups in total. The SMILES string of the molecule is NC1CCc2ccc(OCCCS(=O)(=O)c3cccnc3)cc2C1Cc1ccc(Cl)c(Cl)c1. The fourth-order valence-corrected chi connectivity index (χ4v) is 5.82. The Morgan fingerprint density at radius 3 is 2.70 bits per heavy atom. The van der Waals surface area contributed by atoms with Gasteiger partial charge in [0.15, 0.2) is 9.84 Å². The molecule has 0 spiro atoms. The first-order valence-corrected chi connectivity index (χ1v) is 13.3. The van der Waals surface area contributed by atoms with Crippen LogP contribution in [-0.2, 0) is 22.7 Å². The number of nitrogens with zero attached hydrogens (tertiary/aromatic N) is 1. The molecule has 174 valence electrons. The predicted octanol–water partition coefficient (Wildman–Crippen LogP) is 5.23. The van der Waals surface area contributed by atoms with Gasteiger partial charge in [0.05, 0.1) is 27.3 Å². The third-order valence-corrected chi connectivity index (χ3v) is 8.56. The van der Waals surface area contributed by atoms with Gasteiger partial charge in [0.1, 0.15) is 5.75 Å². The molecule has 0 radical (unpaired) electrons. The number of aromatic nitrogens is 1. The first kappa shape index (κ1) is 24.0. The Balaban J connectivity index is 1.42. The van der Waals surface area contributed by atoms with Crippen LogP contribution in [0, 0.1) is 0 Å². The summed E-state index contributed by atoms with van der Waals surface area (Å²) in [7, 11) is -3.37. The van der Waals surface area contributed by atoms with Crippen molar-refractivity contribution < 1.29 is 13.2 Å². The summed E-state index contributed by atoms with van der Waals surface area (Å²) in [6.07, 6.45) is 5.93. The Hall–Kier alpha value is -2.12. The van der Waals surface area contributed by atoms with E-state index in [0.29, 0.717) is 23.1 Å². The first-order valence-electron chi connectivity index (χ1n) is 10.9. The quantitative estimate of drug-likeness (QED) is 0.424. The maximum absolute atomic E-state index is 12.4. The topological polar surface area (TPSA) is 82.3 Å². The number of aryl methyl sites for hydroxylation is 1. The summed E-state index contributed by atoms with van der Waals surface area (Å²) in [4.78, 5) is 4.12. The van der Waals surface area contributed by atoms with E-state index in [1.54, 1.807) is 18.3 Å². The smallest absolute Gasteiger partial charge is 0.180 e. The van der Waals surface area contributed by atoms with Crippen LogP contribution < -0.4 is 10.5 Å². The maximum atomic E-state index is 12.4. The molecule has 0 amide bonds. The molecular formula is C25H26Cl2N2O3S. The highest BCUT2D eigenvalue weighted by molar-refractivity contribution is 7.91. The number of rotatable bonds is 8. The van der Waals surface area contributed by atoms with Crippen molar-refractivity contribution in [1.29, 1.82) is 0 Å². The summed E-state index contributed by atoms with van der Waals surface area (Å²) >= 11 is 12.3. The highest BCUT2D eigenvalue weighted by atomic mass is 35.5. The van der Waals surface area contributed by atoms with E-state index < -0.39 is 9.84 Å². The fourth-order valence-electron chi connectivity index (χ4n) is 4.26. The average Bonchev–Trinajstić information content (AvgIpc) is 2.81. The summed E-state index contributed by atoms with van der Waals surface area (Å²) in [5, 5.41) is 1.08. The minimum Gasteiger partial charge on any atom is -0.494 e. The van der Waals surface area contributed by atoms with Gasteiger partial charge in [0, 0.05) is 24.4 Å². The summed E-state index contributed by atoms with van der Waals surface area (Å²) in [5.41, 5.74) is 10.1. The fraction of sp³-hybridized carbons (Fsp3) is 0.320. The van der Waals surface area contributed by atoms with Gasteiger partial charge in [-0.1, -0.05) is 35.3 Å². The number of hydrogen-bond acceptors (Lipinski definition) is 5. The molecule has 5 nitrogen and oxygen atoms in total. The van der Waals surface area contributed by atoms with Crippen molar-refractivity contribution in [3.05, 3.63) is 87.7 Å². The summed E-state index contributed by atoms with van der Waals surface area (Å²) in [5.74, 6) is 0.871. The van der Waals surface area contributed by atoms with Crippen molar-refractivity contribution in [3.63, 3.8) is 0 Å². The van der Waals surface area contributed by atoms with Gasteiger partial charge in [-0.3, -0.25) is 4.98 Å². The zero-order valence-corrected chi connectivity index (χ0v) is 20.4. The Morgan fingerprint density at radius 2 is 1.94 bits per heavy atom. The number of halogens is 2. The molecule has 1 aromatic heterocycles. The standard InChI is InChI=1S/C25H26Cl2N2O3S/c26-23-8-4-17(14-24(23)27)13-22-21-15-19(7-5-18(21)6-9-25(22)28)32-11-2-12-33(30,31)20-3-1-10-29-16-20/h1,3-5,7-8,10,14-16,22,25H,2,6,9,11-13,28H2. The third-order valence-electron chi connectivity index (χ3n) is 6.04. The van der Waals surface area contributed by atoms with Gasteiger partial charge in [-0.25, -0.2) is 8.42 Å². The van der Waals surface area contributed by atoms with Crippen molar-refractivity contribution >= 4 is 33.0 Å². The molecule has 0 saturated carbocycles. The van der Waals surface area contributed by atoms with Gasteiger partial charge in [-0.2, -0.15) is 0 Å². The van der Waals surface area contributed by atoms with Crippen LogP contribution in [0.1, 0.15) is 35.4 Å². The van der Waals surface area contributed by atoms with Gasteiger partial charge in [-0.05, 0) is 78.8 Å². The molecule has 2 atom stereocenters. The van der Waals surface area contributed by atoms with Gasteiger partial charge >= 0.3 is 0 Å². The van der Waals surface area contributed by atoms with Crippen LogP contribution in [0.3, 0.4) is 0 Å². The largest absolute Gasteiger partial charge is 0.494 e. The molecular weight excluding hydrogens is 479 g/mol. The molecule has 0 saturated heterocycles. The average molecular weight is 505 g/mol. The summed E-state index contributed by atoms with van der Waals surface area (Å²) in [6.45, 7) is 0.307. The zero-order valence-electron chi connectivity index (χ0n) is 18.1. The third kappa shape index (κ3) is 5.87. The molecule has 2 unspecified atom stereocenters. The number of pyridine rings is 1. The van der Waals surface area contributed by atoms with E-state index in [1.165, 1.54) is 17.3 Å². The lowest BCUT2D eigenvalue weighted by molar-refractivity contribution is 0.316. The molecule has 2 aromatic carbocycles. The normalized spacial score (nSPS) is 18.0. The Morgan fingerprint density at radius 1 is 1.09 bits per heavy atom. The highest BCUT2D eigenvalue weighted by Gasteiger charge is 2.28. The Bertz CT molecular complexity index is 1220. The van der Waals surface area contributed by atoms with Crippen molar-refractivity contribution in [3.8, 4) is 5.75 Å². The van der Waals surface area contributed by atoms with E-state index in [2.05, 4.69) is 11.1 Å². The number of ether oxygens (including phenoxy) is 1. The van der Waals surface area contributed by atoms with E-state index >= 15 is 0 Å². The lowest BCUT2D eigenvalue weighted by Gasteiger charge is -2.32. The molecule has 8 heteroatoms. The number of hydrogen-bond donors (Lipinski definition) is 1. The predicted molar refractivity (Wildman–Crippen MR) is 132 cm³/mol. The van der Waals surface area contributed by atoms with Crippen LogP contribution in [0.15, 0.2) is 65.8 Å². The second-order valence-electron chi connectivity index (χ2n) is 8.33. The van der Waals surface area contributed by atoms with Crippen molar-refractivity contribution in [2.45, 2.75) is 42.5 Å². The number of sulfone groups is 1. The van der Waals surface area contributed by atoms with Gasteiger partial charge in [0.25, 0.3) is 0 Å². The lowest BCUT2D eigenvalue weighted by Crippen LogP contribution is -2.34. The molecule has 33 heavy (non-hydrogen) atoms. The van der Waals surface area contributed by atoms with E-state index in [-0.39, 0.29) is 22.6 Å². The number of benzene rings is 2. The molecule has 4 rings (SSSR count). The van der Waals surface area contributed by atoms with Gasteiger partial charge < -0.3 is 10.5 Å². The van der Waals surface area contributed by atoms with E-state index in [4.69, 9.17) is 33.7 Å². The molecule has 1 heterocycles. The second kappa shape index (κ2) is 10.4. The highest BCUT2D eigenvalue weighted by Crippen LogP contribution is 2.36. The maximum Gasteiger partial charge on any atom is 0.180 e. The Kier molecular flexibility index (Phi) is 7.59. The zero-order chi connectivity index (χ0) is 23.4.